The lowest BCUT2D eigenvalue weighted by Gasteiger charge is -2.24. The molecule has 4 nitrogen and oxygen atoms in total. The van der Waals surface area contributed by atoms with E-state index in [-0.39, 0.29) is 11.9 Å². The number of hydrogen-bond acceptors (Lipinski definition) is 3. The van der Waals surface area contributed by atoms with Crippen LogP contribution in [0.15, 0.2) is 23.4 Å². The van der Waals surface area contributed by atoms with E-state index in [1.807, 2.05) is 0 Å². The highest BCUT2D eigenvalue weighted by molar-refractivity contribution is 5.80. The van der Waals surface area contributed by atoms with Gasteiger partial charge in [-0.05, 0) is 49.3 Å². The molecule has 1 aliphatic rings. The lowest BCUT2D eigenvalue weighted by molar-refractivity contribution is 0.316. The maximum atomic E-state index is 8.67. The predicted molar refractivity (Wildman–Crippen MR) is 78.8 cm³/mol. The third kappa shape index (κ3) is 3.40. The summed E-state index contributed by atoms with van der Waals surface area (Å²) in [5.41, 5.74) is 9.74. The maximum absolute atomic E-state index is 8.67. The molecule has 0 aliphatic heterocycles. The minimum Gasteiger partial charge on any atom is -0.409 e. The zero-order valence-corrected chi connectivity index (χ0v) is 11.5. The van der Waals surface area contributed by atoms with Crippen molar-refractivity contribution >= 4 is 11.5 Å². The molecular weight excluding hydrogens is 238 g/mol. The van der Waals surface area contributed by atoms with Crippen LogP contribution in [-0.4, -0.2) is 17.1 Å². The van der Waals surface area contributed by atoms with Gasteiger partial charge in [-0.3, -0.25) is 0 Å². The van der Waals surface area contributed by atoms with Gasteiger partial charge in [0.15, 0.2) is 0 Å². The second-order valence-corrected chi connectivity index (χ2v) is 5.20. The molecule has 0 bridgehead atoms. The van der Waals surface area contributed by atoms with Crippen LogP contribution in [0.1, 0.15) is 43.7 Å². The highest BCUT2D eigenvalue weighted by Crippen LogP contribution is 2.28. The van der Waals surface area contributed by atoms with Crippen LogP contribution in [-0.2, 0) is 12.8 Å². The third-order valence-corrected chi connectivity index (χ3v) is 3.83. The maximum Gasteiger partial charge on any atom is 0.141 e. The Morgan fingerprint density at radius 2 is 2.21 bits per heavy atom. The van der Waals surface area contributed by atoms with E-state index in [9.17, 15) is 0 Å². The molecule has 0 aromatic heterocycles. The van der Waals surface area contributed by atoms with Gasteiger partial charge in [-0.25, -0.2) is 0 Å². The number of oxime groups is 1. The molecule has 0 radical (unpaired) electrons. The second-order valence-electron chi connectivity index (χ2n) is 5.20. The molecule has 104 valence electrons. The van der Waals surface area contributed by atoms with Gasteiger partial charge in [0.05, 0.1) is 0 Å². The Bertz CT molecular complexity index is 457. The normalized spacial score (nSPS) is 16.8. The van der Waals surface area contributed by atoms with Gasteiger partial charge in [-0.15, -0.1) is 0 Å². The second kappa shape index (κ2) is 6.45. The van der Waals surface area contributed by atoms with Gasteiger partial charge < -0.3 is 16.3 Å². The number of nitrogens with one attached hydrogen (secondary N) is 1. The van der Waals surface area contributed by atoms with Gasteiger partial charge in [-0.2, -0.15) is 0 Å². The van der Waals surface area contributed by atoms with E-state index in [1.54, 1.807) is 0 Å². The van der Waals surface area contributed by atoms with Crippen LogP contribution >= 0.6 is 0 Å². The highest BCUT2D eigenvalue weighted by Gasteiger charge is 2.15. The zero-order chi connectivity index (χ0) is 13.7. The van der Waals surface area contributed by atoms with Crippen molar-refractivity contribution in [1.82, 2.24) is 0 Å². The lowest BCUT2D eigenvalue weighted by Crippen LogP contribution is -2.27. The zero-order valence-electron chi connectivity index (χ0n) is 11.5. The fraction of sp³-hybridized carbons (Fsp3) is 0.533. The Labute approximate surface area is 114 Å². The summed E-state index contributed by atoms with van der Waals surface area (Å²) >= 11 is 0. The van der Waals surface area contributed by atoms with Crippen molar-refractivity contribution in [2.24, 2.45) is 10.9 Å². The minimum atomic E-state index is 0.212. The van der Waals surface area contributed by atoms with Crippen LogP contribution in [0.4, 0.5) is 5.69 Å². The highest BCUT2D eigenvalue weighted by atomic mass is 16.4. The fourth-order valence-corrected chi connectivity index (χ4v) is 2.73. The summed E-state index contributed by atoms with van der Waals surface area (Å²) in [5.74, 6) is 0.282. The van der Waals surface area contributed by atoms with Crippen LogP contribution < -0.4 is 11.1 Å². The van der Waals surface area contributed by atoms with Gasteiger partial charge in [0.1, 0.15) is 5.84 Å². The summed E-state index contributed by atoms with van der Waals surface area (Å²) in [7, 11) is 0. The van der Waals surface area contributed by atoms with Crippen LogP contribution in [0.5, 0.6) is 0 Å². The summed E-state index contributed by atoms with van der Waals surface area (Å²) in [6.07, 6.45) is 6.40. The molecule has 1 aromatic carbocycles. The van der Waals surface area contributed by atoms with E-state index in [2.05, 4.69) is 35.6 Å². The fourth-order valence-electron chi connectivity index (χ4n) is 2.73. The van der Waals surface area contributed by atoms with Gasteiger partial charge in [-0.1, -0.05) is 24.2 Å². The van der Waals surface area contributed by atoms with Crippen LogP contribution in [0, 0.1) is 0 Å². The Morgan fingerprint density at radius 3 is 2.95 bits per heavy atom. The monoisotopic (exact) mass is 261 g/mol. The molecule has 0 spiro atoms. The van der Waals surface area contributed by atoms with Crippen LogP contribution in [0.3, 0.4) is 0 Å². The molecule has 1 aliphatic carbocycles. The Balaban J connectivity index is 2.13. The molecule has 0 amide bonds. The molecule has 4 N–H and O–H groups in total. The molecular formula is C15H23N3O. The first kappa shape index (κ1) is 13.7. The number of rotatable bonds is 5. The topological polar surface area (TPSA) is 70.6 Å². The molecule has 1 atom stereocenters. The summed E-state index contributed by atoms with van der Waals surface area (Å²) in [6.45, 7) is 2.11. The largest absolute Gasteiger partial charge is 0.409 e. The number of anilines is 1. The standard InChI is InChI=1S/C15H23N3O/c1-2-12(10-15(16)18-19)17-14-9-5-7-11-6-3-4-8-13(11)14/h5,7,9,12,17,19H,2-4,6,8,10H2,1H3,(H2,16,18). The molecule has 2 rings (SSSR count). The van der Waals surface area contributed by atoms with Gasteiger partial charge >= 0.3 is 0 Å². The molecule has 1 unspecified atom stereocenters. The third-order valence-electron chi connectivity index (χ3n) is 3.83. The van der Waals surface area contributed by atoms with Crippen LogP contribution in [0.2, 0.25) is 0 Å². The van der Waals surface area contributed by atoms with E-state index in [0.29, 0.717) is 6.42 Å². The van der Waals surface area contributed by atoms with Crippen molar-refractivity contribution in [2.45, 2.75) is 51.5 Å². The Morgan fingerprint density at radius 1 is 1.42 bits per heavy atom. The van der Waals surface area contributed by atoms with Crippen molar-refractivity contribution < 1.29 is 5.21 Å². The molecule has 0 saturated carbocycles. The van der Waals surface area contributed by atoms with Gasteiger partial charge in [0, 0.05) is 18.2 Å². The first-order valence-corrected chi connectivity index (χ1v) is 7.08. The van der Waals surface area contributed by atoms with Gasteiger partial charge in [0.25, 0.3) is 0 Å². The number of benzene rings is 1. The number of fused-ring (bicyclic) bond motifs is 1. The van der Waals surface area contributed by atoms with E-state index in [4.69, 9.17) is 10.9 Å². The minimum absolute atomic E-state index is 0.212. The van der Waals surface area contributed by atoms with Crippen molar-refractivity contribution in [3.63, 3.8) is 0 Å². The van der Waals surface area contributed by atoms with Crippen molar-refractivity contribution in [1.29, 1.82) is 0 Å². The van der Waals surface area contributed by atoms with E-state index in [0.717, 1.165) is 12.8 Å². The number of amidine groups is 1. The smallest absolute Gasteiger partial charge is 0.141 e. The van der Waals surface area contributed by atoms with Crippen molar-refractivity contribution in [3.05, 3.63) is 29.3 Å². The first-order valence-electron chi connectivity index (χ1n) is 7.08. The summed E-state index contributed by atoms with van der Waals surface area (Å²) in [4.78, 5) is 0. The van der Waals surface area contributed by atoms with E-state index >= 15 is 0 Å². The average Bonchev–Trinajstić information content (AvgIpc) is 2.46. The molecule has 0 saturated heterocycles. The number of hydrogen-bond donors (Lipinski definition) is 3. The Kier molecular flexibility index (Phi) is 4.66. The number of nitrogens with zero attached hydrogens (tertiary/aromatic N) is 1. The number of aryl methyl sites for hydroxylation is 1. The number of nitrogens with two attached hydrogens (primary N) is 1. The molecule has 0 fully saturated rings. The molecule has 4 heteroatoms. The predicted octanol–water partition coefficient (Wildman–Crippen LogP) is 2.89. The van der Waals surface area contributed by atoms with E-state index < -0.39 is 0 Å². The average molecular weight is 261 g/mol. The molecule has 19 heavy (non-hydrogen) atoms. The SMILES string of the molecule is CCC(CC(N)=NO)Nc1cccc2c1CCCC2. The lowest BCUT2D eigenvalue weighted by atomic mass is 9.90. The Hall–Kier alpha value is -1.71. The summed E-state index contributed by atoms with van der Waals surface area (Å²) < 4.78 is 0. The molecule has 0 heterocycles. The summed E-state index contributed by atoms with van der Waals surface area (Å²) in [6, 6.07) is 6.69. The van der Waals surface area contributed by atoms with Crippen LogP contribution in [0.25, 0.3) is 0 Å². The van der Waals surface area contributed by atoms with Crippen molar-refractivity contribution in [3.8, 4) is 0 Å². The quantitative estimate of drug-likeness (QED) is 0.330. The molecule has 1 aromatic rings. The van der Waals surface area contributed by atoms with Gasteiger partial charge in [0.2, 0.25) is 0 Å². The van der Waals surface area contributed by atoms with Crippen molar-refractivity contribution in [2.75, 3.05) is 5.32 Å². The first-order chi connectivity index (χ1) is 9.24. The van der Waals surface area contributed by atoms with E-state index in [1.165, 1.54) is 36.1 Å². The summed E-state index contributed by atoms with van der Waals surface area (Å²) in [5, 5.41) is 15.3.